The molecule has 6 nitrogen and oxygen atoms in total. The highest BCUT2D eigenvalue weighted by Gasteiger charge is 2.19. The Balaban J connectivity index is 1.82. The van der Waals surface area contributed by atoms with Crippen LogP contribution < -0.4 is 9.47 Å². The number of halogens is 2. The summed E-state index contributed by atoms with van der Waals surface area (Å²) in [4.78, 5) is 22.7. The molecule has 3 aromatic carbocycles. The summed E-state index contributed by atoms with van der Waals surface area (Å²) in [7, 11) is 0. The minimum absolute atomic E-state index is 0.0226. The molecule has 158 valence electrons. The van der Waals surface area contributed by atoms with Crippen molar-refractivity contribution in [1.29, 1.82) is 0 Å². The first-order chi connectivity index (χ1) is 14.9. The Morgan fingerprint density at radius 1 is 1.10 bits per heavy atom. The highest BCUT2D eigenvalue weighted by Crippen LogP contribution is 2.44. The molecule has 0 spiro atoms. The van der Waals surface area contributed by atoms with Gasteiger partial charge < -0.3 is 9.47 Å². The second-order valence-corrected chi connectivity index (χ2v) is 8.00. The first-order valence-corrected chi connectivity index (χ1v) is 10.9. The van der Waals surface area contributed by atoms with Crippen LogP contribution in [0.25, 0.3) is 6.08 Å². The monoisotopic (exact) mass is 545 g/mol. The molecular formula is C23H17Br2NO5. The molecule has 0 saturated carbocycles. The Hall–Kier alpha value is -2.97. The fourth-order valence-electron chi connectivity index (χ4n) is 2.76. The van der Waals surface area contributed by atoms with Gasteiger partial charge in [0.1, 0.15) is 11.5 Å². The summed E-state index contributed by atoms with van der Waals surface area (Å²) in [6.07, 6.45) is 3.64. The highest BCUT2D eigenvalue weighted by atomic mass is 79.9. The minimum atomic E-state index is -0.499. The van der Waals surface area contributed by atoms with E-state index < -0.39 is 10.9 Å². The highest BCUT2D eigenvalue weighted by molar-refractivity contribution is 9.11. The molecule has 0 atom stereocenters. The van der Waals surface area contributed by atoms with Crippen LogP contribution in [0.1, 0.15) is 18.1 Å². The van der Waals surface area contributed by atoms with Gasteiger partial charge in [0.2, 0.25) is 0 Å². The van der Waals surface area contributed by atoms with Crippen molar-refractivity contribution >= 4 is 49.6 Å². The number of benzene rings is 3. The SMILES string of the molecule is CCc1c(OC(=O)C=Cc2ccccc2)cc(Br)c(Oc2ccc([N+](=O)[O-])cc2)c1Br. The summed E-state index contributed by atoms with van der Waals surface area (Å²) in [5.41, 5.74) is 1.62. The molecule has 0 saturated heterocycles. The van der Waals surface area contributed by atoms with Gasteiger partial charge >= 0.3 is 5.97 Å². The van der Waals surface area contributed by atoms with Gasteiger partial charge in [-0.05, 0) is 68.1 Å². The molecule has 0 N–H and O–H groups in total. The quantitative estimate of drug-likeness (QED) is 0.104. The maximum atomic E-state index is 12.3. The molecule has 0 aliphatic carbocycles. The minimum Gasteiger partial charge on any atom is -0.455 e. The number of ether oxygens (including phenoxy) is 2. The second kappa shape index (κ2) is 10.4. The van der Waals surface area contributed by atoms with Crippen molar-refractivity contribution in [3.63, 3.8) is 0 Å². The van der Waals surface area contributed by atoms with Crippen LogP contribution in [-0.4, -0.2) is 10.9 Å². The summed E-state index contributed by atoms with van der Waals surface area (Å²) >= 11 is 6.98. The number of nitro groups is 1. The fourth-order valence-corrected chi connectivity index (χ4v) is 4.28. The largest absolute Gasteiger partial charge is 0.455 e. The average molecular weight is 547 g/mol. The van der Waals surface area contributed by atoms with Gasteiger partial charge in [-0.25, -0.2) is 4.79 Å². The van der Waals surface area contributed by atoms with E-state index >= 15 is 0 Å². The molecule has 0 amide bonds. The molecule has 0 unspecified atom stereocenters. The van der Waals surface area contributed by atoms with E-state index in [1.54, 1.807) is 12.1 Å². The Bertz CT molecular complexity index is 1130. The molecule has 0 aliphatic heterocycles. The average Bonchev–Trinajstić information content (AvgIpc) is 2.76. The van der Waals surface area contributed by atoms with Crippen LogP contribution in [0.3, 0.4) is 0 Å². The third-order valence-electron chi connectivity index (χ3n) is 4.28. The molecule has 0 fully saturated rings. The second-order valence-electron chi connectivity index (χ2n) is 6.35. The standard InChI is InChI=1S/C23H17Br2NO5/c1-2-18-20(31-21(27)13-8-15-6-4-3-5-7-15)14-19(24)23(22(18)25)30-17-11-9-16(10-12-17)26(28)29/h3-14H,2H2,1H3. The Labute approximate surface area is 195 Å². The van der Waals surface area contributed by atoms with Gasteiger partial charge in [0.25, 0.3) is 5.69 Å². The lowest BCUT2D eigenvalue weighted by Gasteiger charge is -2.16. The lowest BCUT2D eigenvalue weighted by atomic mass is 10.1. The third-order valence-corrected chi connectivity index (χ3v) is 5.71. The number of nitrogens with zero attached hydrogens (tertiary/aromatic N) is 1. The number of nitro benzene ring substituents is 1. The number of hydrogen-bond donors (Lipinski definition) is 0. The summed E-state index contributed by atoms with van der Waals surface area (Å²) < 4.78 is 12.6. The van der Waals surface area contributed by atoms with Gasteiger partial charge in [0.15, 0.2) is 5.75 Å². The summed E-state index contributed by atoms with van der Waals surface area (Å²) in [6, 6.07) is 16.9. The molecule has 3 rings (SSSR count). The molecule has 3 aromatic rings. The zero-order valence-corrected chi connectivity index (χ0v) is 19.6. The topological polar surface area (TPSA) is 78.7 Å². The van der Waals surface area contributed by atoms with Crippen LogP contribution in [0, 0.1) is 10.1 Å². The third kappa shape index (κ3) is 5.80. The lowest BCUT2D eigenvalue weighted by Crippen LogP contribution is -2.07. The Morgan fingerprint density at radius 3 is 2.39 bits per heavy atom. The summed E-state index contributed by atoms with van der Waals surface area (Å²) in [5.74, 6) is 0.816. The van der Waals surface area contributed by atoms with Crippen molar-refractivity contribution in [1.82, 2.24) is 0 Å². The van der Waals surface area contributed by atoms with Crippen molar-refractivity contribution in [2.24, 2.45) is 0 Å². The van der Waals surface area contributed by atoms with E-state index in [2.05, 4.69) is 31.9 Å². The van der Waals surface area contributed by atoms with Gasteiger partial charge in [-0.3, -0.25) is 10.1 Å². The molecule has 0 heterocycles. The van der Waals surface area contributed by atoms with Gasteiger partial charge in [0, 0.05) is 23.8 Å². The van der Waals surface area contributed by atoms with Crippen LogP contribution >= 0.6 is 31.9 Å². The number of carbonyl (C=O) groups excluding carboxylic acids is 1. The number of esters is 1. The predicted molar refractivity (Wildman–Crippen MR) is 126 cm³/mol. The van der Waals surface area contributed by atoms with E-state index in [4.69, 9.17) is 9.47 Å². The zero-order valence-electron chi connectivity index (χ0n) is 16.4. The summed E-state index contributed by atoms with van der Waals surface area (Å²) in [6.45, 7) is 1.93. The maximum Gasteiger partial charge on any atom is 0.336 e. The van der Waals surface area contributed by atoms with Crippen molar-refractivity contribution < 1.29 is 19.2 Å². The first kappa shape index (κ1) is 22.7. The Morgan fingerprint density at radius 2 is 1.77 bits per heavy atom. The number of non-ortho nitro benzene ring substituents is 1. The maximum absolute atomic E-state index is 12.3. The molecule has 31 heavy (non-hydrogen) atoms. The predicted octanol–water partition coefficient (Wildman–Crippen LogP) is 7.09. The number of carbonyl (C=O) groups is 1. The van der Waals surface area contributed by atoms with Crippen molar-refractivity contribution in [2.45, 2.75) is 13.3 Å². The van der Waals surface area contributed by atoms with Crippen LogP contribution in [-0.2, 0) is 11.2 Å². The molecule has 0 radical (unpaired) electrons. The normalized spacial score (nSPS) is 10.8. The van der Waals surface area contributed by atoms with Gasteiger partial charge in [-0.1, -0.05) is 37.3 Å². The molecule has 0 aliphatic rings. The van der Waals surface area contributed by atoms with Crippen molar-refractivity contribution in [2.75, 3.05) is 0 Å². The number of rotatable bonds is 7. The molecule has 0 aromatic heterocycles. The molecule has 0 bridgehead atoms. The van der Waals surface area contributed by atoms with Crippen LogP contribution in [0.5, 0.6) is 17.2 Å². The molecular weight excluding hydrogens is 530 g/mol. The molecule has 8 heteroatoms. The first-order valence-electron chi connectivity index (χ1n) is 9.27. The lowest BCUT2D eigenvalue weighted by molar-refractivity contribution is -0.384. The Kier molecular flexibility index (Phi) is 7.59. The van der Waals surface area contributed by atoms with E-state index in [0.29, 0.717) is 32.6 Å². The fraction of sp³-hybridized carbons (Fsp3) is 0.0870. The van der Waals surface area contributed by atoms with Gasteiger partial charge in [0.05, 0.1) is 13.9 Å². The summed E-state index contributed by atoms with van der Waals surface area (Å²) in [5, 5.41) is 10.8. The van der Waals surface area contributed by atoms with E-state index in [0.717, 1.165) is 11.1 Å². The smallest absolute Gasteiger partial charge is 0.336 e. The van der Waals surface area contributed by atoms with E-state index in [1.165, 1.54) is 30.3 Å². The van der Waals surface area contributed by atoms with Crippen molar-refractivity contribution in [3.8, 4) is 17.2 Å². The number of hydrogen-bond acceptors (Lipinski definition) is 5. The van der Waals surface area contributed by atoms with Crippen LogP contribution in [0.4, 0.5) is 5.69 Å². The van der Waals surface area contributed by atoms with Crippen LogP contribution in [0.15, 0.2) is 75.7 Å². The van der Waals surface area contributed by atoms with Crippen molar-refractivity contribution in [3.05, 3.63) is 96.9 Å². The van der Waals surface area contributed by atoms with Crippen LogP contribution in [0.2, 0.25) is 0 Å². The van der Waals surface area contributed by atoms with E-state index in [-0.39, 0.29) is 5.69 Å². The van der Waals surface area contributed by atoms with E-state index in [9.17, 15) is 14.9 Å². The van der Waals surface area contributed by atoms with Gasteiger partial charge in [-0.2, -0.15) is 0 Å². The van der Waals surface area contributed by atoms with Gasteiger partial charge in [-0.15, -0.1) is 0 Å². The van der Waals surface area contributed by atoms with E-state index in [1.807, 2.05) is 37.3 Å². The zero-order chi connectivity index (χ0) is 22.4.